The molecule has 1 heterocycles. The van der Waals surface area contributed by atoms with Crippen molar-refractivity contribution in [2.75, 3.05) is 45.1 Å². The first-order valence-corrected chi connectivity index (χ1v) is 10.1. The largest absolute Gasteiger partial charge is 0.326 e. The van der Waals surface area contributed by atoms with Gasteiger partial charge in [0.05, 0.1) is 12.5 Å². The fourth-order valence-electron chi connectivity index (χ4n) is 3.54. The number of ketones is 1. The van der Waals surface area contributed by atoms with Gasteiger partial charge in [0.25, 0.3) is 0 Å². The molecule has 1 aliphatic heterocycles. The van der Waals surface area contributed by atoms with Gasteiger partial charge in [-0.2, -0.15) is 0 Å². The number of piperazine rings is 1. The van der Waals surface area contributed by atoms with Crippen molar-refractivity contribution in [1.29, 1.82) is 0 Å². The number of amides is 1. The van der Waals surface area contributed by atoms with Crippen LogP contribution in [0.5, 0.6) is 0 Å². The van der Waals surface area contributed by atoms with Crippen molar-refractivity contribution in [3.8, 4) is 0 Å². The molecular formula is C23H28FN3O2. The molecule has 0 aliphatic carbocycles. The number of likely N-dealkylation sites (N-methyl/N-ethyl adjacent to an activating group) is 1. The normalized spacial score (nSPS) is 16.4. The summed E-state index contributed by atoms with van der Waals surface area (Å²) in [5.41, 5.74) is 2.07. The Morgan fingerprint density at radius 1 is 1.00 bits per heavy atom. The number of nitrogens with one attached hydrogen (secondary N) is 1. The monoisotopic (exact) mass is 397 g/mol. The number of nitrogens with zero attached hydrogens (tertiary/aromatic N) is 2. The summed E-state index contributed by atoms with van der Waals surface area (Å²) in [7, 11) is 2.09. The second-order valence-corrected chi connectivity index (χ2v) is 7.58. The van der Waals surface area contributed by atoms with Gasteiger partial charge in [0.1, 0.15) is 5.82 Å². The van der Waals surface area contributed by atoms with Crippen LogP contribution >= 0.6 is 0 Å². The summed E-state index contributed by atoms with van der Waals surface area (Å²) >= 11 is 0. The molecule has 6 heteroatoms. The van der Waals surface area contributed by atoms with Crippen LogP contribution in [-0.2, 0) is 4.79 Å². The third-order valence-electron chi connectivity index (χ3n) is 5.43. The lowest BCUT2D eigenvalue weighted by Crippen LogP contribution is -2.46. The summed E-state index contributed by atoms with van der Waals surface area (Å²) in [5, 5.41) is 2.90. The molecule has 1 aliphatic rings. The van der Waals surface area contributed by atoms with E-state index in [1.54, 1.807) is 36.4 Å². The fraction of sp³-hybridized carbons (Fsp3) is 0.391. The van der Waals surface area contributed by atoms with Gasteiger partial charge in [-0.3, -0.25) is 14.5 Å². The average Bonchev–Trinajstić information content (AvgIpc) is 2.72. The maximum atomic E-state index is 13.1. The van der Waals surface area contributed by atoms with E-state index >= 15 is 0 Å². The molecule has 154 valence electrons. The van der Waals surface area contributed by atoms with E-state index in [2.05, 4.69) is 22.2 Å². The molecule has 0 radical (unpaired) electrons. The summed E-state index contributed by atoms with van der Waals surface area (Å²) in [4.78, 5) is 29.6. The molecule has 2 aromatic rings. The van der Waals surface area contributed by atoms with Gasteiger partial charge < -0.3 is 10.2 Å². The molecule has 1 saturated heterocycles. The van der Waals surface area contributed by atoms with E-state index in [9.17, 15) is 14.0 Å². The Balaban J connectivity index is 1.58. The quantitative estimate of drug-likeness (QED) is 0.728. The first kappa shape index (κ1) is 21.1. The molecule has 0 aromatic heterocycles. The summed E-state index contributed by atoms with van der Waals surface area (Å²) in [6.07, 6.45) is 0.610. The topological polar surface area (TPSA) is 52.7 Å². The van der Waals surface area contributed by atoms with Crippen molar-refractivity contribution in [1.82, 2.24) is 9.80 Å². The number of benzene rings is 2. The minimum atomic E-state index is -0.353. The molecule has 1 atom stereocenters. The number of hydrogen-bond acceptors (Lipinski definition) is 4. The van der Waals surface area contributed by atoms with Crippen LogP contribution in [0, 0.1) is 5.82 Å². The van der Waals surface area contributed by atoms with Crippen LogP contribution in [0.1, 0.15) is 35.2 Å². The molecule has 0 spiro atoms. The third kappa shape index (κ3) is 5.71. The molecule has 0 bridgehead atoms. The molecule has 0 saturated carbocycles. The fourth-order valence-corrected chi connectivity index (χ4v) is 3.54. The Morgan fingerprint density at radius 3 is 2.21 bits per heavy atom. The summed E-state index contributed by atoms with van der Waals surface area (Å²) in [5.74, 6) is -0.726. The first-order chi connectivity index (χ1) is 14.0. The molecular weight excluding hydrogens is 369 g/mol. The number of carbonyl (C=O) groups is 2. The minimum Gasteiger partial charge on any atom is -0.326 e. The Kier molecular flexibility index (Phi) is 7.12. The van der Waals surface area contributed by atoms with E-state index in [-0.39, 0.29) is 23.4 Å². The molecule has 3 rings (SSSR count). The minimum absolute atomic E-state index is 0.0881. The van der Waals surface area contributed by atoms with Crippen molar-refractivity contribution in [2.45, 2.75) is 19.3 Å². The van der Waals surface area contributed by atoms with Gasteiger partial charge >= 0.3 is 0 Å². The SMILES string of the molecule is CCC(C(=O)Nc1ccc(C(=O)CN2CCN(C)CC2)cc1)c1ccc(F)cc1. The number of carbonyl (C=O) groups excluding carboxylic acids is 2. The average molecular weight is 397 g/mol. The van der Waals surface area contributed by atoms with Crippen LogP contribution in [0.2, 0.25) is 0 Å². The van der Waals surface area contributed by atoms with Crippen LogP contribution in [0.3, 0.4) is 0 Å². The first-order valence-electron chi connectivity index (χ1n) is 10.1. The smallest absolute Gasteiger partial charge is 0.231 e. The number of Topliss-reactive ketones (excluding diaryl/α,β-unsaturated/α-hetero) is 1. The number of anilines is 1. The molecule has 1 N–H and O–H groups in total. The molecule has 1 unspecified atom stereocenters. The van der Waals surface area contributed by atoms with Crippen LogP contribution in [0.4, 0.5) is 10.1 Å². The summed E-state index contributed by atoms with van der Waals surface area (Å²) in [6.45, 7) is 6.10. The molecule has 29 heavy (non-hydrogen) atoms. The second kappa shape index (κ2) is 9.76. The van der Waals surface area contributed by atoms with E-state index in [1.807, 2.05) is 6.92 Å². The Bertz CT molecular complexity index is 828. The lowest BCUT2D eigenvalue weighted by molar-refractivity contribution is -0.117. The van der Waals surface area contributed by atoms with Crippen LogP contribution < -0.4 is 5.32 Å². The molecule has 2 aromatic carbocycles. The van der Waals surface area contributed by atoms with Gasteiger partial charge in [-0.15, -0.1) is 0 Å². The van der Waals surface area contributed by atoms with E-state index < -0.39 is 0 Å². The van der Waals surface area contributed by atoms with Crippen molar-refractivity contribution in [3.05, 3.63) is 65.5 Å². The van der Waals surface area contributed by atoms with Gasteiger partial charge in [-0.1, -0.05) is 19.1 Å². The Hall–Kier alpha value is -2.57. The maximum absolute atomic E-state index is 13.1. The van der Waals surface area contributed by atoms with E-state index in [4.69, 9.17) is 0 Å². The van der Waals surface area contributed by atoms with Crippen LogP contribution in [-0.4, -0.2) is 61.3 Å². The van der Waals surface area contributed by atoms with Gasteiger partial charge in [-0.05, 0) is 55.4 Å². The Morgan fingerprint density at radius 2 is 1.62 bits per heavy atom. The molecule has 1 fully saturated rings. The molecule has 5 nitrogen and oxygen atoms in total. The van der Waals surface area contributed by atoms with Crippen LogP contribution in [0.15, 0.2) is 48.5 Å². The number of rotatable bonds is 7. The van der Waals surface area contributed by atoms with Crippen molar-refractivity contribution < 1.29 is 14.0 Å². The lowest BCUT2D eigenvalue weighted by Gasteiger charge is -2.31. The predicted molar refractivity (Wildman–Crippen MR) is 113 cm³/mol. The Labute approximate surface area is 171 Å². The number of hydrogen-bond donors (Lipinski definition) is 1. The van der Waals surface area contributed by atoms with E-state index in [0.717, 1.165) is 31.7 Å². The van der Waals surface area contributed by atoms with E-state index in [1.165, 1.54) is 12.1 Å². The predicted octanol–water partition coefficient (Wildman–Crippen LogP) is 3.39. The van der Waals surface area contributed by atoms with Gasteiger partial charge in [0.15, 0.2) is 5.78 Å². The van der Waals surface area contributed by atoms with Gasteiger partial charge in [0.2, 0.25) is 5.91 Å². The zero-order valence-electron chi connectivity index (χ0n) is 17.0. The number of halogens is 1. The zero-order chi connectivity index (χ0) is 20.8. The summed E-state index contributed by atoms with van der Waals surface area (Å²) in [6, 6.07) is 13.0. The lowest BCUT2D eigenvalue weighted by atomic mass is 9.95. The highest BCUT2D eigenvalue weighted by Gasteiger charge is 2.20. The van der Waals surface area contributed by atoms with Crippen molar-refractivity contribution in [2.24, 2.45) is 0 Å². The highest BCUT2D eigenvalue weighted by atomic mass is 19.1. The summed E-state index contributed by atoms with van der Waals surface area (Å²) < 4.78 is 13.1. The highest BCUT2D eigenvalue weighted by molar-refractivity contribution is 5.99. The second-order valence-electron chi connectivity index (χ2n) is 7.58. The standard InChI is InChI=1S/C23H28FN3O2/c1-3-21(17-4-8-19(24)9-5-17)23(29)25-20-10-6-18(7-11-20)22(28)16-27-14-12-26(2)13-15-27/h4-11,21H,3,12-16H2,1-2H3,(H,25,29). The van der Waals surface area contributed by atoms with Crippen LogP contribution in [0.25, 0.3) is 0 Å². The highest BCUT2D eigenvalue weighted by Crippen LogP contribution is 2.22. The maximum Gasteiger partial charge on any atom is 0.231 e. The zero-order valence-corrected chi connectivity index (χ0v) is 17.0. The van der Waals surface area contributed by atoms with Gasteiger partial charge in [0, 0.05) is 37.4 Å². The van der Waals surface area contributed by atoms with Crippen molar-refractivity contribution >= 4 is 17.4 Å². The van der Waals surface area contributed by atoms with Crippen molar-refractivity contribution in [3.63, 3.8) is 0 Å². The molecule has 1 amide bonds. The van der Waals surface area contributed by atoms with E-state index in [0.29, 0.717) is 24.2 Å². The third-order valence-corrected chi connectivity index (χ3v) is 5.43. The van der Waals surface area contributed by atoms with Gasteiger partial charge in [-0.25, -0.2) is 4.39 Å².